The summed E-state index contributed by atoms with van der Waals surface area (Å²) in [7, 11) is 3.90. The van der Waals surface area contributed by atoms with E-state index in [4.69, 9.17) is 9.94 Å². The van der Waals surface area contributed by atoms with E-state index in [0.717, 1.165) is 21.8 Å². The van der Waals surface area contributed by atoms with E-state index in [0.29, 0.717) is 5.69 Å². The molecule has 2 heterocycles. The predicted molar refractivity (Wildman–Crippen MR) is 127 cm³/mol. The van der Waals surface area contributed by atoms with Gasteiger partial charge in [-0.15, -0.1) is 0 Å². The third-order valence-corrected chi connectivity index (χ3v) is 6.25. The zero-order valence-corrected chi connectivity index (χ0v) is 18.7. The van der Waals surface area contributed by atoms with E-state index in [-0.39, 0.29) is 11.5 Å². The Bertz CT molecular complexity index is 1240. The van der Waals surface area contributed by atoms with Crippen LogP contribution in [0.2, 0.25) is 0 Å². The van der Waals surface area contributed by atoms with Crippen molar-refractivity contribution in [2.24, 2.45) is 5.92 Å². The highest BCUT2D eigenvalue weighted by Crippen LogP contribution is 2.47. The Morgan fingerprint density at radius 3 is 2.09 bits per heavy atom. The summed E-state index contributed by atoms with van der Waals surface area (Å²) in [6.07, 6.45) is -0.981. The number of aromatic carboxylic acids is 1. The van der Waals surface area contributed by atoms with E-state index < -0.39 is 29.9 Å². The minimum absolute atomic E-state index is 0.0772. The third kappa shape index (κ3) is 3.48. The Balaban J connectivity index is 1.54. The molecule has 2 aliphatic rings. The smallest absolute Gasteiger partial charge is 0.335 e. The number of anilines is 3. The molecule has 0 spiro atoms. The van der Waals surface area contributed by atoms with Crippen LogP contribution in [0.5, 0.6) is 0 Å². The van der Waals surface area contributed by atoms with Crippen molar-refractivity contribution in [3.63, 3.8) is 0 Å². The van der Waals surface area contributed by atoms with E-state index in [2.05, 4.69) is 0 Å². The van der Waals surface area contributed by atoms with Gasteiger partial charge in [0.2, 0.25) is 5.91 Å². The molecular weight excluding hydrogens is 434 g/mol. The molecular formula is C26H23N3O5. The van der Waals surface area contributed by atoms with Crippen LogP contribution in [0.15, 0.2) is 78.9 Å². The molecule has 5 rings (SSSR count). The van der Waals surface area contributed by atoms with E-state index >= 15 is 0 Å². The molecule has 8 nitrogen and oxygen atoms in total. The zero-order valence-electron chi connectivity index (χ0n) is 18.7. The predicted octanol–water partition coefficient (Wildman–Crippen LogP) is 3.50. The van der Waals surface area contributed by atoms with Gasteiger partial charge in [-0.25, -0.2) is 14.8 Å². The standard InChI is InChI=1S/C26H23N3O5/c1-27(2)18-12-8-16(9-13-18)22-21-23(34-29(22)20-6-4-3-5-7-20)25(31)28(24(21)30)19-14-10-17(11-15-19)26(32)33/h3-15,21-23H,1-2H3,(H,32,33)/t21-,22+,23-/m1/s1. The molecule has 3 aromatic carbocycles. The number of rotatable bonds is 5. The average molecular weight is 457 g/mol. The Labute approximate surface area is 196 Å². The molecule has 0 unspecified atom stereocenters. The number of hydrogen-bond donors (Lipinski definition) is 1. The summed E-state index contributed by atoms with van der Waals surface area (Å²) in [6, 6.07) is 22.4. The lowest BCUT2D eigenvalue weighted by Crippen LogP contribution is -2.37. The van der Waals surface area contributed by atoms with Crippen molar-refractivity contribution >= 4 is 34.8 Å². The fraction of sp³-hybridized carbons (Fsp3) is 0.192. The number of nitrogens with zero attached hydrogens (tertiary/aromatic N) is 3. The van der Waals surface area contributed by atoms with Gasteiger partial charge >= 0.3 is 5.97 Å². The topological polar surface area (TPSA) is 90.4 Å². The highest BCUT2D eigenvalue weighted by Gasteiger charge is 2.60. The van der Waals surface area contributed by atoms with Gasteiger partial charge in [0.15, 0.2) is 6.10 Å². The zero-order chi connectivity index (χ0) is 24.0. The lowest BCUT2D eigenvalue weighted by Gasteiger charge is -2.29. The van der Waals surface area contributed by atoms with Gasteiger partial charge < -0.3 is 10.0 Å². The third-order valence-electron chi connectivity index (χ3n) is 6.25. The number of amides is 2. The van der Waals surface area contributed by atoms with Crippen molar-refractivity contribution in [1.29, 1.82) is 0 Å². The van der Waals surface area contributed by atoms with Gasteiger partial charge in [-0.3, -0.25) is 14.4 Å². The molecule has 8 heteroatoms. The normalized spacial score (nSPS) is 21.6. The molecule has 0 aliphatic carbocycles. The van der Waals surface area contributed by atoms with Gasteiger partial charge in [0.25, 0.3) is 5.91 Å². The van der Waals surface area contributed by atoms with Crippen molar-refractivity contribution < 1.29 is 24.3 Å². The Hall–Kier alpha value is -4.17. The number of imide groups is 1. The summed E-state index contributed by atoms with van der Waals surface area (Å²) >= 11 is 0. The Kier molecular flexibility index (Phi) is 5.30. The summed E-state index contributed by atoms with van der Waals surface area (Å²) in [5.74, 6) is -2.67. The molecule has 0 radical (unpaired) electrons. The first kappa shape index (κ1) is 21.7. The maximum atomic E-state index is 13.6. The van der Waals surface area contributed by atoms with Crippen LogP contribution in [0.4, 0.5) is 17.1 Å². The molecule has 2 aliphatic heterocycles. The number of hydroxylamine groups is 1. The highest BCUT2D eigenvalue weighted by atomic mass is 16.7. The first-order valence-electron chi connectivity index (χ1n) is 10.9. The summed E-state index contributed by atoms with van der Waals surface area (Å²) in [4.78, 5) is 47.4. The molecule has 2 fully saturated rings. The number of carboxylic acid groups (broad SMARTS) is 1. The number of fused-ring (bicyclic) bond motifs is 1. The molecule has 3 aromatic rings. The SMILES string of the molecule is CN(C)c1ccc([C@H]2[C@H]3C(=O)N(c4ccc(C(=O)O)cc4)C(=O)[C@@H]3ON2c2ccccc2)cc1. The molecule has 172 valence electrons. The molecule has 3 atom stereocenters. The number of carbonyl (C=O) groups is 3. The minimum atomic E-state index is -1.08. The van der Waals surface area contributed by atoms with Gasteiger partial charge in [-0.05, 0) is 54.1 Å². The number of carboxylic acids is 1. The van der Waals surface area contributed by atoms with Gasteiger partial charge in [-0.2, -0.15) is 0 Å². The number of benzene rings is 3. The second-order valence-corrected chi connectivity index (χ2v) is 8.51. The number of carbonyl (C=O) groups excluding carboxylic acids is 2. The van der Waals surface area contributed by atoms with Crippen molar-refractivity contribution in [3.8, 4) is 0 Å². The minimum Gasteiger partial charge on any atom is -0.478 e. The first-order chi connectivity index (χ1) is 16.4. The van der Waals surface area contributed by atoms with Crippen LogP contribution in [0.1, 0.15) is 22.0 Å². The van der Waals surface area contributed by atoms with Crippen LogP contribution in [0.25, 0.3) is 0 Å². The maximum absolute atomic E-state index is 13.6. The molecule has 1 N–H and O–H groups in total. The fourth-order valence-electron chi connectivity index (χ4n) is 4.53. The Morgan fingerprint density at radius 1 is 0.853 bits per heavy atom. The molecule has 0 saturated carbocycles. The van der Waals surface area contributed by atoms with E-state index in [9.17, 15) is 14.4 Å². The summed E-state index contributed by atoms with van der Waals surface area (Å²) in [5.41, 5.74) is 3.02. The lowest BCUT2D eigenvalue weighted by atomic mass is 9.90. The van der Waals surface area contributed by atoms with Gasteiger partial charge in [-0.1, -0.05) is 30.3 Å². The van der Waals surface area contributed by atoms with E-state index in [1.807, 2.05) is 73.6 Å². The summed E-state index contributed by atoms with van der Waals surface area (Å²) in [5, 5.41) is 10.8. The molecule has 0 bridgehead atoms. The monoisotopic (exact) mass is 457 g/mol. The fourth-order valence-corrected chi connectivity index (χ4v) is 4.53. The van der Waals surface area contributed by atoms with E-state index in [1.54, 1.807) is 5.06 Å². The van der Waals surface area contributed by atoms with Crippen LogP contribution in [-0.4, -0.2) is 43.1 Å². The van der Waals surface area contributed by atoms with Crippen LogP contribution in [-0.2, 0) is 14.4 Å². The van der Waals surface area contributed by atoms with Crippen molar-refractivity contribution in [3.05, 3.63) is 90.0 Å². The lowest BCUT2D eigenvalue weighted by molar-refractivity contribution is -0.126. The molecule has 2 amide bonds. The maximum Gasteiger partial charge on any atom is 0.335 e. The van der Waals surface area contributed by atoms with Crippen molar-refractivity contribution in [2.75, 3.05) is 29.0 Å². The number of para-hydroxylation sites is 1. The van der Waals surface area contributed by atoms with Gasteiger partial charge in [0.1, 0.15) is 5.92 Å². The van der Waals surface area contributed by atoms with Crippen LogP contribution in [0.3, 0.4) is 0 Å². The second kappa shape index (κ2) is 8.31. The first-order valence-corrected chi connectivity index (χ1v) is 10.9. The summed E-state index contributed by atoms with van der Waals surface area (Å²) < 4.78 is 0. The summed E-state index contributed by atoms with van der Waals surface area (Å²) in [6.45, 7) is 0. The highest BCUT2D eigenvalue weighted by molar-refractivity contribution is 6.24. The average Bonchev–Trinajstić information content (AvgIpc) is 3.35. The number of hydrogen-bond acceptors (Lipinski definition) is 6. The molecule has 34 heavy (non-hydrogen) atoms. The van der Waals surface area contributed by atoms with Gasteiger partial charge in [0.05, 0.1) is 23.0 Å². The van der Waals surface area contributed by atoms with Crippen molar-refractivity contribution in [1.82, 2.24) is 0 Å². The van der Waals surface area contributed by atoms with Crippen LogP contribution in [0, 0.1) is 5.92 Å². The molecule has 2 saturated heterocycles. The quantitative estimate of drug-likeness (QED) is 0.587. The van der Waals surface area contributed by atoms with Crippen LogP contribution >= 0.6 is 0 Å². The van der Waals surface area contributed by atoms with Crippen LogP contribution < -0.4 is 14.9 Å². The van der Waals surface area contributed by atoms with Gasteiger partial charge in [0, 0.05) is 19.8 Å². The largest absolute Gasteiger partial charge is 0.478 e. The van der Waals surface area contributed by atoms with E-state index in [1.165, 1.54) is 24.3 Å². The Morgan fingerprint density at radius 2 is 1.50 bits per heavy atom. The van der Waals surface area contributed by atoms with Crippen molar-refractivity contribution in [2.45, 2.75) is 12.1 Å². The second-order valence-electron chi connectivity index (χ2n) is 8.51. The molecule has 0 aromatic heterocycles.